The molecular formula is C14H13Cl2NO2. The summed E-state index contributed by atoms with van der Waals surface area (Å²) in [6.07, 6.45) is 1.49. The molecule has 5 heteroatoms. The second-order valence-electron chi connectivity index (χ2n) is 4.29. The maximum atomic E-state index is 12.0. The Morgan fingerprint density at radius 2 is 2.05 bits per heavy atom. The van der Waals surface area contributed by atoms with Crippen molar-refractivity contribution < 1.29 is 9.21 Å². The van der Waals surface area contributed by atoms with Crippen molar-refractivity contribution in [3.05, 3.63) is 57.5 Å². The average Bonchev–Trinajstić information content (AvgIpc) is 2.75. The number of rotatable bonds is 3. The number of carbonyl (C=O) groups excluding carboxylic acids is 1. The van der Waals surface area contributed by atoms with Crippen molar-refractivity contribution >= 4 is 29.1 Å². The highest BCUT2D eigenvalue weighted by molar-refractivity contribution is 6.35. The SMILES string of the molecule is Cc1ccoc1C(=O)NC(C)c1ccc(Cl)cc1Cl. The summed E-state index contributed by atoms with van der Waals surface area (Å²) < 4.78 is 5.15. The summed E-state index contributed by atoms with van der Waals surface area (Å²) in [4.78, 5) is 12.0. The Bertz CT molecular complexity index is 607. The fourth-order valence-corrected chi connectivity index (χ4v) is 2.37. The van der Waals surface area contributed by atoms with Gasteiger partial charge in [0.1, 0.15) is 0 Å². The molecule has 0 fully saturated rings. The van der Waals surface area contributed by atoms with Gasteiger partial charge in [0, 0.05) is 15.6 Å². The number of carbonyl (C=O) groups is 1. The molecule has 1 aromatic heterocycles. The Hall–Kier alpha value is -1.45. The first-order valence-corrected chi connectivity index (χ1v) is 6.54. The molecule has 0 radical (unpaired) electrons. The van der Waals surface area contributed by atoms with Crippen LogP contribution in [0.1, 0.15) is 34.6 Å². The lowest BCUT2D eigenvalue weighted by Crippen LogP contribution is -2.27. The predicted octanol–water partition coefficient (Wildman–Crippen LogP) is 4.39. The van der Waals surface area contributed by atoms with Crippen LogP contribution in [0.15, 0.2) is 34.9 Å². The van der Waals surface area contributed by atoms with Crippen LogP contribution in [0, 0.1) is 6.92 Å². The van der Waals surface area contributed by atoms with Gasteiger partial charge in [-0.05, 0) is 37.6 Å². The summed E-state index contributed by atoms with van der Waals surface area (Å²) in [5, 5.41) is 3.93. The van der Waals surface area contributed by atoms with Gasteiger partial charge in [-0.2, -0.15) is 0 Å². The molecule has 1 aromatic carbocycles. The zero-order chi connectivity index (χ0) is 14.0. The Morgan fingerprint density at radius 3 is 2.63 bits per heavy atom. The normalized spacial score (nSPS) is 12.2. The van der Waals surface area contributed by atoms with E-state index in [9.17, 15) is 4.79 Å². The molecule has 1 amide bonds. The number of hydrogen-bond donors (Lipinski definition) is 1. The lowest BCUT2D eigenvalue weighted by molar-refractivity contribution is 0.0911. The maximum absolute atomic E-state index is 12.0. The van der Waals surface area contributed by atoms with E-state index < -0.39 is 0 Å². The van der Waals surface area contributed by atoms with E-state index in [4.69, 9.17) is 27.6 Å². The number of halogens is 2. The van der Waals surface area contributed by atoms with E-state index in [1.165, 1.54) is 6.26 Å². The van der Waals surface area contributed by atoms with Gasteiger partial charge in [0.15, 0.2) is 5.76 Å². The molecule has 0 saturated heterocycles. The van der Waals surface area contributed by atoms with Gasteiger partial charge in [-0.3, -0.25) is 4.79 Å². The molecule has 1 N–H and O–H groups in total. The molecule has 2 rings (SSSR count). The minimum atomic E-state index is -0.263. The smallest absolute Gasteiger partial charge is 0.287 e. The van der Waals surface area contributed by atoms with Crippen LogP contribution in [-0.4, -0.2) is 5.91 Å². The number of aryl methyl sites for hydroxylation is 1. The third-order valence-corrected chi connectivity index (χ3v) is 3.41. The van der Waals surface area contributed by atoms with Crippen molar-refractivity contribution in [2.75, 3.05) is 0 Å². The zero-order valence-electron chi connectivity index (χ0n) is 10.5. The van der Waals surface area contributed by atoms with Gasteiger partial charge < -0.3 is 9.73 Å². The van der Waals surface area contributed by atoms with Crippen LogP contribution in [0.5, 0.6) is 0 Å². The average molecular weight is 298 g/mol. The van der Waals surface area contributed by atoms with Crippen LogP contribution in [0.2, 0.25) is 10.0 Å². The van der Waals surface area contributed by atoms with Gasteiger partial charge in [-0.1, -0.05) is 29.3 Å². The molecule has 3 nitrogen and oxygen atoms in total. The highest BCUT2D eigenvalue weighted by Gasteiger charge is 2.17. The molecule has 0 spiro atoms. The molecule has 1 unspecified atom stereocenters. The van der Waals surface area contributed by atoms with Crippen LogP contribution >= 0.6 is 23.2 Å². The van der Waals surface area contributed by atoms with Gasteiger partial charge in [-0.15, -0.1) is 0 Å². The number of benzene rings is 1. The summed E-state index contributed by atoms with van der Waals surface area (Å²) in [5.74, 6) is 0.0537. The van der Waals surface area contributed by atoms with E-state index in [1.54, 1.807) is 24.3 Å². The van der Waals surface area contributed by atoms with E-state index in [0.29, 0.717) is 15.8 Å². The summed E-state index contributed by atoms with van der Waals surface area (Å²) >= 11 is 11.9. The first-order valence-electron chi connectivity index (χ1n) is 5.79. The third kappa shape index (κ3) is 3.11. The zero-order valence-corrected chi connectivity index (χ0v) is 12.0. The number of hydrogen-bond acceptors (Lipinski definition) is 2. The Labute approximate surface area is 121 Å². The van der Waals surface area contributed by atoms with Gasteiger partial charge in [0.2, 0.25) is 0 Å². The van der Waals surface area contributed by atoms with E-state index >= 15 is 0 Å². The van der Waals surface area contributed by atoms with Crippen molar-refractivity contribution in [1.29, 1.82) is 0 Å². The van der Waals surface area contributed by atoms with Gasteiger partial charge in [-0.25, -0.2) is 0 Å². The van der Waals surface area contributed by atoms with Crippen molar-refractivity contribution in [2.45, 2.75) is 19.9 Å². The number of amides is 1. The van der Waals surface area contributed by atoms with Crippen molar-refractivity contribution in [1.82, 2.24) is 5.32 Å². The molecule has 0 aliphatic heterocycles. The predicted molar refractivity (Wildman–Crippen MR) is 75.8 cm³/mol. The molecule has 2 aromatic rings. The standard InChI is InChI=1S/C14H13Cl2NO2/c1-8-5-6-19-13(8)14(18)17-9(2)11-4-3-10(15)7-12(11)16/h3-7,9H,1-2H3,(H,17,18). The minimum Gasteiger partial charge on any atom is -0.459 e. The van der Waals surface area contributed by atoms with E-state index in [2.05, 4.69) is 5.32 Å². The van der Waals surface area contributed by atoms with Crippen molar-refractivity contribution in [2.24, 2.45) is 0 Å². The molecular weight excluding hydrogens is 285 g/mol. The largest absolute Gasteiger partial charge is 0.459 e. The second-order valence-corrected chi connectivity index (χ2v) is 5.14. The second kappa shape index (κ2) is 5.68. The fraction of sp³-hybridized carbons (Fsp3) is 0.214. The first-order chi connectivity index (χ1) is 8.99. The van der Waals surface area contributed by atoms with Gasteiger partial charge in [0.25, 0.3) is 5.91 Å². The van der Waals surface area contributed by atoms with Crippen molar-refractivity contribution in [3.63, 3.8) is 0 Å². The number of nitrogens with one attached hydrogen (secondary N) is 1. The van der Waals surface area contributed by atoms with Crippen LogP contribution in [0.25, 0.3) is 0 Å². The van der Waals surface area contributed by atoms with Crippen LogP contribution in [0.3, 0.4) is 0 Å². The van der Waals surface area contributed by atoms with E-state index in [1.807, 2.05) is 13.8 Å². The first kappa shape index (κ1) is 14.0. The molecule has 0 bridgehead atoms. The molecule has 1 atom stereocenters. The minimum absolute atomic E-state index is 0.234. The maximum Gasteiger partial charge on any atom is 0.287 e. The Kier molecular flexibility index (Phi) is 4.17. The van der Waals surface area contributed by atoms with Gasteiger partial charge >= 0.3 is 0 Å². The monoisotopic (exact) mass is 297 g/mol. The molecule has 0 saturated carbocycles. The summed E-state index contributed by atoms with van der Waals surface area (Å²) in [5.41, 5.74) is 1.61. The van der Waals surface area contributed by atoms with E-state index in [-0.39, 0.29) is 11.9 Å². The Balaban J connectivity index is 2.15. The van der Waals surface area contributed by atoms with Crippen molar-refractivity contribution in [3.8, 4) is 0 Å². The molecule has 100 valence electrons. The highest BCUT2D eigenvalue weighted by atomic mass is 35.5. The lowest BCUT2D eigenvalue weighted by atomic mass is 10.1. The van der Waals surface area contributed by atoms with Gasteiger partial charge in [0.05, 0.1) is 12.3 Å². The van der Waals surface area contributed by atoms with Crippen LogP contribution in [-0.2, 0) is 0 Å². The fourth-order valence-electron chi connectivity index (χ4n) is 1.80. The number of furan rings is 1. The molecule has 1 heterocycles. The lowest BCUT2D eigenvalue weighted by Gasteiger charge is -2.15. The molecule has 0 aliphatic rings. The molecule has 19 heavy (non-hydrogen) atoms. The summed E-state index contributed by atoms with van der Waals surface area (Å²) in [6, 6.07) is 6.70. The summed E-state index contributed by atoms with van der Waals surface area (Å²) in [6.45, 7) is 3.67. The Morgan fingerprint density at radius 1 is 1.32 bits per heavy atom. The summed E-state index contributed by atoms with van der Waals surface area (Å²) in [7, 11) is 0. The topological polar surface area (TPSA) is 42.2 Å². The van der Waals surface area contributed by atoms with Crippen LogP contribution < -0.4 is 5.32 Å². The van der Waals surface area contributed by atoms with Crippen LogP contribution in [0.4, 0.5) is 0 Å². The van der Waals surface area contributed by atoms with E-state index in [0.717, 1.165) is 11.1 Å². The molecule has 0 aliphatic carbocycles. The third-order valence-electron chi connectivity index (χ3n) is 2.84. The highest BCUT2D eigenvalue weighted by Crippen LogP contribution is 2.26. The quantitative estimate of drug-likeness (QED) is 0.913.